The van der Waals surface area contributed by atoms with Crippen molar-refractivity contribution in [2.24, 2.45) is 0 Å². The SMILES string of the molecule is COc1ccc2ccccc2c1C1C(C(=O)OC(C)c2ccccc2)=C(C)Nc2nnnn21. The van der Waals surface area contributed by atoms with E-state index in [4.69, 9.17) is 9.47 Å². The van der Waals surface area contributed by atoms with Crippen LogP contribution in [0.5, 0.6) is 5.75 Å². The third kappa shape index (κ3) is 3.59. The number of hydrogen-bond donors (Lipinski definition) is 1. The fourth-order valence-electron chi connectivity index (χ4n) is 4.30. The number of nitrogens with one attached hydrogen (secondary N) is 1. The number of carbonyl (C=O) groups excluding carboxylic acids is 1. The second-order valence-corrected chi connectivity index (χ2v) is 7.87. The standard InChI is InChI=1S/C25H23N5O3/c1-15-21(24(31)33-16(2)17-9-5-4-6-10-17)23(30-25(26-15)27-28-29-30)22-19-12-8-7-11-18(19)13-14-20(22)32-3/h4-14,16,23H,1-3H3,(H,26,27,29). The van der Waals surface area contributed by atoms with Gasteiger partial charge in [-0.2, -0.15) is 4.68 Å². The van der Waals surface area contributed by atoms with E-state index in [1.165, 1.54) is 0 Å². The Kier molecular flexibility index (Phi) is 5.26. The molecular weight excluding hydrogens is 418 g/mol. The van der Waals surface area contributed by atoms with Gasteiger partial charge in [0, 0.05) is 11.3 Å². The molecule has 4 aromatic rings. The molecule has 1 N–H and O–H groups in total. The molecule has 0 bridgehead atoms. The minimum Gasteiger partial charge on any atom is -0.496 e. The number of fused-ring (bicyclic) bond motifs is 2. The van der Waals surface area contributed by atoms with Gasteiger partial charge in [0.2, 0.25) is 5.95 Å². The second-order valence-electron chi connectivity index (χ2n) is 7.87. The number of tetrazole rings is 1. The van der Waals surface area contributed by atoms with E-state index in [0.29, 0.717) is 23.0 Å². The van der Waals surface area contributed by atoms with Crippen LogP contribution in [-0.2, 0) is 9.53 Å². The number of carbonyl (C=O) groups is 1. The summed E-state index contributed by atoms with van der Waals surface area (Å²) in [6.45, 7) is 3.68. The molecule has 3 aromatic carbocycles. The third-order valence-corrected chi connectivity index (χ3v) is 5.91. The van der Waals surface area contributed by atoms with Crippen LogP contribution in [0.15, 0.2) is 78.0 Å². The summed E-state index contributed by atoms with van der Waals surface area (Å²) in [6, 6.07) is 20.8. The van der Waals surface area contributed by atoms with Crippen molar-refractivity contribution in [2.45, 2.75) is 26.0 Å². The second kappa shape index (κ2) is 8.38. The Balaban J connectivity index is 1.65. The van der Waals surface area contributed by atoms with Crippen LogP contribution >= 0.6 is 0 Å². The van der Waals surface area contributed by atoms with E-state index in [0.717, 1.165) is 21.9 Å². The number of ether oxygens (including phenoxy) is 2. The normalized spacial score (nSPS) is 16.2. The number of benzene rings is 3. The molecule has 2 heterocycles. The number of rotatable bonds is 5. The molecule has 5 rings (SSSR count). The molecule has 0 spiro atoms. The first kappa shape index (κ1) is 20.7. The van der Waals surface area contributed by atoms with Crippen molar-refractivity contribution in [3.8, 4) is 5.75 Å². The van der Waals surface area contributed by atoms with E-state index in [1.54, 1.807) is 11.8 Å². The Morgan fingerprint density at radius 1 is 1.06 bits per heavy atom. The molecule has 0 amide bonds. The number of methoxy groups -OCH3 is 1. The fourth-order valence-corrected chi connectivity index (χ4v) is 4.30. The highest BCUT2D eigenvalue weighted by Gasteiger charge is 2.38. The Hall–Kier alpha value is -4.20. The van der Waals surface area contributed by atoms with Crippen LogP contribution < -0.4 is 10.1 Å². The van der Waals surface area contributed by atoms with Crippen molar-refractivity contribution >= 4 is 22.7 Å². The Morgan fingerprint density at radius 3 is 2.61 bits per heavy atom. The summed E-state index contributed by atoms with van der Waals surface area (Å²) in [6.07, 6.45) is -0.427. The van der Waals surface area contributed by atoms with Crippen molar-refractivity contribution in [1.29, 1.82) is 0 Å². The molecule has 0 fully saturated rings. The minimum atomic E-state index is -0.632. The van der Waals surface area contributed by atoms with Crippen molar-refractivity contribution in [3.63, 3.8) is 0 Å². The highest BCUT2D eigenvalue weighted by Crippen LogP contribution is 2.43. The topological polar surface area (TPSA) is 91.2 Å². The predicted octanol–water partition coefficient (Wildman–Crippen LogP) is 4.43. The van der Waals surface area contributed by atoms with Gasteiger partial charge in [-0.1, -0.05) is 65.8 Å². The molecule has 1 aliphatic heterocycles. The lowest BCUT2D eigenvalue weighted by atomic mass is 9.90. The largest absolute Gasteiger partial charge is 0.496 e. The van der Waals surface area contributed by atoms with Crippen LogP contribution in [0.3, 0.4) is 0 Å². The maximum Gasteiger partial charge on any atom is 0.338 e. The highest BCUT2D eigenvalue weighted by molar-refractivity contribution is 5.96. The summed E-state index contributed by atoms with van der Waals surface area (Å²) in [5, 5.41) is 17.2. The van der Waals surface area contributed by atoms with Gasteiger partial charge in [0.25, 0.3) is 0 Å². The van der Waals surface area contributed by atoms with Crippen LogP contribution in [0.1, 0.15) is 37.1 Å². The van der Waals surface area contributed by atoms with Crippen LogP contribution in [0, 0.1) is 0 Å². The van der Waals surface area contributed by atoms with Gasteiger partial charge in [0.1, 0.15) is 17.9 Å². The maximum absolute atomic E-state index is 13.6. The quantitative estimate of drug-likeness (QED) is 0.458. The summed E-state index contributed by atoms with van der Waals surface area (Å²) in [5.74, 6) is 0.633. The Labute approximate surface area is 190 Å². The molecule has 0 radical (unpaired) electrons. The van der Waals surface area contributed by atoms with Gasteiger partial charge >= 0.3 is 5.97 Å². The number of anilines is 1. The zero-order valence-corrected chi connectivity index (χ0v) is 18.5. The van der Waals surface area contributed by atoms with Crippen LogP contribution in [0.2, 0.25) is 0 Å². The van der Waals surface area contributed by atoms with Gasteiger partial charge in [0.15, 0.2) is 0 Å². The zero-order chi connectivity index (χ0) is 22.9. The van der Waals surface area contributed by atoms with E-state index in [1.807, 2.05) is 80.6 Å². The van der Waals surface area contributed by atoms with Crippen molar-refractivity contribution in [3.05, 3.63) is 89.1 Å². The molecule has 0 aliphatic carbocycles. The number of esters is 1. The average molecular weight is 441 g/mol. The minimum absolute atomic E-state index is 0.423. The van der Waals surface area contributed by atoms with Gasteiger partial charge in [-0.15, -0.1) is 0 Å². The smallest absolute Gasteiger partial charge is 0.338 e. The average Bonchev–Trinajstić information content (AvgIpc) is 3.31. The lowest BCUT2D eigenvalue weighted by Gasteiger charge is -2.30. The lowest BCUT2D eigenvalue weighted by Crippen LogP contribution is -2.30. The van der Waals surface area contributed by atoms with Crippen LogP contribution in [-0.4, -0.2) is 33.3 Å². The van der Waals surface area contributed by atoms with Gasteiger partial charge in [-0.3, -0.25) is 0 Å². The molecule has 166 valence electrons. The zero-order valence-electron chi connectivity index (χ0n) is 18.5. The van der Waals surface area contributed by atoms with Crippen molar-refractivity contribution in [2.75, 3.05) is 12.4 Å². The fraction of sp³-hybridized carbons (Fsp3) is 0.200. The lowest BCUT2D eigenvalue weighted by molar-refractivity contribution is -0.144. The van der Waals surface area contributed by atoms with E-state index in [9.17, 15) is 4.79 Å². The number of hydrogen-bond acceptors (Lipinski definition) is 7. The predicted molar refractivity (Wildman–Crippen MR) is 124 cm³/mol. The molecular formula is C25H23N5O3. The maximum atomic E-state index is 13.6. The molecule has 0 saturated heterocycles. The Bertz CT molecular complexity index is 1360. The first-order valence-electron chi connectivity index (χ1n) is 10.7. The molecule has 0 saturated carbocycles. The summed E-state index contributed by atoms with van der Waals surface area (Å²) in [7, 11) is 1.61. The van der Waals surface area contributed by atoms with Gasteiger partial charge in [-0.05, 0) is 46.7 Å². The molecule has 8 heteroatoms. The third-order valence-electron chi connectivity index (χ3n) is 5.91. The van der Waals surface area contributed by atoms with Crippen LogP contribution in [0.25, 0.3) is 10.8 Å². The van der Waals surface area contributed by atoms with Crippen molar-refractivity contribution in [1.82, 2.24) is 20.2 Å². The molecule has 2 atom stereocenters. The summed E-state index contributed by atoms with van der Waals surface area (Å²) >= 11 is 0. The molecule has 2 unspecified atom stereocenters. The molecule has 1 aromatic heterocycles. The van der Waals surface area contributed by atoms with E-state index < -0.39 is 18.1 Å². The highest BCUT2D eigenvalue weighted by atomic mass is 16.5. The number of nitrogens with zero attached hydrogens (tertiary/aromatic N) is 4. The van der Waals surface area contributed by atoms with Gasteiger partial charge < -0.3 is 14.8 Å². The molecule has 33 heavy (non-hydrogen) atoms. The van der Waals surface area contributed by atoms with E-state index >= 15 is 0 Å². The van der Waals surface area contributed by atoms with Crippen LogP contribution in [0.4, 0.5) is 5.95 Å². The number of allylic oxidation sites excluding steroid dienone is 1. The first-order valence-corrected chi connectivity index (χ1v) is 10.7. The van der Waals surface area contributed by atoms with Gasteiger partial charge in [0.05, 0.1) is 12.7 Å². The summed E-state index contributed by atoms with van der Waals surface area (Å²) in [5.41, 5.74) is 2.76. The molecule has 1 aliphatic rings. The van der Waals surface area contributed by atoms with Gasteiger partial charge in [-0.25, -0.2) is 4.79 Å². The van der Waals surface area contributed by atoms with E-state index in [2.05, 4.69) is 20.8 Å². The molecule has 8 nitrogen and oxygen atoms in total. The number of aromatic nitrogens is 4. The van der Waals surface area contributed by atoms with Crippen molar-refractivity contribution < 1.29 is 14.3 Å². The van der Waals surface area contributed by atoms with E-state index in [-0.39, 0.29) is 0 Å². The summed E-state index contributed by atoms with van der Waals surface area (Å²) < 4.78 is 13.2. The monoisotopic (exact) mass is 441 g/mol. The Morgan fingerprint density at radius 2 is 1.82 bits per heavy atom. The summed E-state index contributed by atoms with van der Waals surface area (Å²) in [4.78, 5) is 13.6. The first-order chi connectivity index (χ1) is 16.1.